The molecule has 77 heavy (non-hydrogen) atoms. The quantitative estimate of drug-likeness (QED) is 0.0205. The van der Waals surface area contributed by atoms with Crippen molar-refractivity contribution in [3.8, 4) is 0 Å². The fraction of sp³-hybridized carbons (Fsp3) is 0.851. The number of phosphoric ester groups is 1. The van der Waals surface area contributed by atoms with E-state index in [9.17, 15) is 19.0 Å². The fourth-order valence-corrected chi connectivity index (χ4v) is 10.3. The molecule has 0 saturated heterocycles. The highest BCUT2D eigenvalue weighted by atomic mass is 31.2. The lowest BCUT2D eigenvalue weighted by atomic mass is 10.0. The minimum absolute atomic E-state index is 0.0399. The van der Waals surface area contributed by atoms with Crippen LogP contribution in [0.1, 0.15) is 316 Å². The Morgan fingerprint density at radius 2 is 0.792 bits per heavy atom. The monoisotopic (exact) mass is 1100 g/mol. The summed E-state index contributed by atoms with van der Waals surface area (Å²) in [4.78, 5) is 37.8. The second-order valence-electron chi connectivity index (χ2n) is 23.6. The molecule has 0 aromatic heterocycles. The van der Waals surface area contributed by atoms with Crippen LogP contribution in [0.2, 0.25) is 0 Å². The van der Waals surface area contributed by atoms with E-state index in [4.69, 9.17) is 13.8 Å². The first kappa shape index (κ1) is 75.0. The lowest BCUT2D eigenvalue weighted by molar-refractivity contribution is -0.870. The van der Waals surface area contributed by atoms with E-state index in [1.807, 2.05) is 33.3 Å². The van der Waals surface area contributed by atoms with Crippen molar-refractivity contribution < 1.29 is 37.3 Å². The lowest BCUT2D eigenvalue weighted by Crippen LogP contribution is -2.47. The number of carbonyl (C=O) groups is 2. The van der Waals surface area contributed by atoms with E-state index in [0.717, 1.165) is 77.0 Å². The van der Waals surface area contributed by atoms with Crippen LogP contribution in [0.5, 0.6) is 0 Å². The second kappa shape index (κ2) is 57.2. The molecule has 0 aromatic rings. The molecule has 2 N–H and O–H groups in total. The van der Waals surface area contributed by atoms with Crippen molar-refractivity contribution in [2.45, 2.75) is 328 Å². The van der Waals surface area contributed by atoms with Gasteiger partial charge in [-0.15, -0.1) is 0 Å². The van der Waals surface area contributed by atoms with E-state index in [2.05, 4.69) is 62.5 Å². The zero-order chi connectivity index (χ0) is 56.4. The highest BCUT2D eigenvalue weighted by Crippen LogP contribution is 2.43. The summed E-state index contributed by atoms with van der Waals surface area (Å²) in [5.41, 5.74) is 0. The molecule has 0 heterocycles. The van der Waals surface area contributed by atoms with Gasteiger partial charge in [-0.25, -0.2) is 4.57 Å². The maximum Gasteiger partial charge on any atom is 0.472 e. The zero-order valence-electron chi connectivity index (χ0n) is 51.7. The Morgan fingerprint density at radius 1 is 0.455 bits per heavy atom. The lowest BCUT2D eigenvalue weighted by Gasteiger charge is -2.27. The number of ether oxygens (including phenoxy) is 1. The molecule has 0 aromatic carbocycles. The molecular weight excluding hydrogens is 976 g/mol. The third kappa shape index (κ3) is 58.4. The summed E-state index contributed by atoms with van der Waals surface area (Å²) >= 11 is 0. The molecule has 0 saturated carbocycles. The van der Waals surface area contributed by atoms with Gasteiger partial charge in [-0.05, 0) is 89.5 Å². The number of nitrogens with one attached hydrogen (secondary N) is 1. The molecule has 0 aliphatic rings. The molecule has 0 bridgehead atoms. The number of rotatable bonds is 60. The predicted octanol–water partition coefficient (Wildman–Crippen LogP) is 20.5. The molecular formula is C67H128N2O7P+. The number of nitrogens with zero attached hydrogens (tertiary/aromatic N) is 1. The van der Waals surface area contributed by atoms with Crippen molar-refractivity contribution in [1.29, 1.82) is 0 Å². The van der Waals surface area contributed by atoms with E-state index >= 15 is 0 Å². The molecule has 1 amide bonds. The Bertz CT molecular complexity index is 1460. The molecule has 452 valence electrons. The minimum Gasteiger partial charge on any atom is -0.456 e. The van der Waals surface area contributed by atoms with E-state index in [1.54, 1.807) is 0 Å². The molecule has 9 nitrogen and oxygen atoms in total. The van der Waals surface area contributed by atoms with Gasteiger partial charge in [-0.2, -0.15) is 0 Å². The summed E-state index contributed by atoms with van der Waals surface area (Å²) in [7, 11) is 1.50. The van der Waals surface area contributed by atoms with Crippen molar-refractivity contribution in [2.75, 3.05) is 40.9 Å². The molecule has 10 heteroatoms. The topological polar surface area (TPSA) is 111 Å². The number of carbonyl (C=O) groups excluding carboxylic acids is 2. The number of allylic oxidation sites excluding steroid dienone is 7. The standard InChI is InChI=1S/C67H127N2O7P/c1-7-10-13-16-19-22-25-28-30-32-33-34-35-37-39-42-45-48-51-54-57-60-67(71)76-65(58-55-52-49-46-43-40-27-24-21-18-15-12-9-3)64(63-75-77(72,73)74-62-61-69(4,5)6)68-66(70)59-56-53-50-47-44-41-38-36-31-29-26-23-20-17-14-11-8-2/h19,22,28-31,55,58,64-65H,7-18,20-21,23-27,32-54,56-57,59-63H2,1-6H3,(H-,68,70,72,73)/p+1/b22-19-,30-28-,31-29+,58-55+. The van der Waals surface area contributed by atoms with Gasteiger partial charge in [-0.3, -0.25) is 18.6 Å². The second-order valence-corrected chi connectivity index (χ2v) is 25.1. The normalized spacial score (nSPS) is 13.9. The summed E-state index contributed by atoms with van der Waals surface area (Å²) < 4.78 is 30.8. The maximum absolute atomic E-state index is 13.6. The van der Waals surface area contributed by atoms with Crippen LogP contribution in [0.15, 0.2) is 48.6 Å². The van der Waals surface area contributed by atoms with Crippen LogP contribution in [-0.2, 0) is 27.9 Å². The van der Waals surface area contributed by atoms with Gasteiger partial charge in [0.25, 0.3) is 0 Å². The summed E-state index contributed by atoms with van der Waals surface area (Å²) in [6.07, 6.45) is 71.0. The number of phosphoric acid groups is 1. The van der Waals surface area contributed by atoms with E-state index in [-0.39, 0.29) is 31.5 Å². The Morgan fingerprint density at radius 3 is 1.21 bits per heavy atom. The summed E-state index contributed by atoms with van der Waals surface area (Å²) in [5.74, 6) is -0.501. The number of esters is 1. The summed E-state index contributed by atoms with van der Waals surface area (Å²) in [5, 5.41) is 3.06. The Hall–Kier alpha value is -2.03. The van der Waals surface area contributed by atoms with Gasteiger partial charge in [0.1, 0.15) is 19.3 Å². The van der Waals surface area contributed by atoms with Gasteiger partial charge in [0.15, 0.2) is 0 Å². The molecule has 3 unspecified atom stereocenters. The average molecular weight is 1100 g/mol. The van der Waals surface area contributed by atoms with Crippen LogP contribution in [0.25, 0.3) is 0 Å². The first-order valence-corrected chi connectivity index (χ1v) is 34.5. The molecule has 0 radical (unpaired) electrons. The van der Waals surface area contributed by atoms with Crippen molar-refractivity contribution in [2.24, 2.45) is 0 Å². The van der Waals surface area contributed by atoms with Crippen molar-refractivity contribution in [3.63, 3.8) is 0 Å². The van der Waals surface area contributed by atoms with Crippen LogP contribution in [0, 0.1) is 0 Å². The number of hydrogen-bond acceptors (Lipinski definition) is 6. The highest BCUT2D eigenvalue weighted by Gasteiger charge is 2.30. The third-order valence-electron chi connectivity index (χ3n) is 14.7. The number of amides is 1. The van der Waals surface area contributed by atoms with Crippen molar-refractivity contribution in [1.82, 2.24) is 5.32 Å². The third-order valence-corrected chi connectivity index (χ3v) is 15.7. The van der Waals surface area contributed by atoms with Crippen LogP contribution >= 0.6 is 7.82 Å². The molecule has 0 aliphatic heterocycles. The zero-order valence-corrected chi connectivity index (χ0v) is 52.6. The number of hydrogen-bond donors (Lipinski definition) is 2. The van der Waals surface area contributed by atoms with Crippen LogP contribution in [-0.4, -0.2) is 74.3 Å². The summed E-state index contributed by atoms with van der Waals surface area (Å²) in [6.45, 7) is 7.02. The maximum atomic E-state index is 13.6. The largest absolute Gasteiger partial charge is 0.472 e. The van der Waals surface area contributed by atoms with Crippen molar-refractivity contribution >= 4 is 19.7 Å². The van der Waals surface area contributed by atoms with Gasteiger partial charge in [0.05, 0.1) is 33.8 Å². The van der Waals surface area contributed by atoms with Crippen LogP contribution in [0.4, 0.5) is 0 Å². The average Bonchev–Trinajstić information content (AvgIpc) is 3.39. The van der Waals surface area contributed by atoms with Gasteiger partial charge >= 0.3 is 13.8 Å². The van der Waals surface area contributed by atoms with Crippen LogP contribution in [0.3, 0.4) is 0 Å². The first-order chi connectivity index (χ1) is 37.4. The number of quaternary nitrogens is 1. The minimum atomic E-state index is -4.45. The molecule has 0 fully saturated rings. The Labute approximate surface area is 478 Å². The van der Waals surface area contributed by atoms with Crippen molar-refractivity contribution in [3.05, 3.63) is 48.6 Å². The van der Waals surface area contributed by atoms with Crippen LogP contribution < -0.4 is 5.32 Å². The molecule has 3 atom stereocenters. The number of likely N-dealkylation sites (N-methyl/N-ethyl adjacent to an activating group) is 1. The van der Waals surface area contributed by atoms with Gasteiger partial charge in [0.2, 0.25) is 5.91 Å². The molecule has 0 aliphatic carbocycles. The predicted molar refractivity (Wildman–Crippen MR) is 332 cm³/mol. The SMILES string of the molecule is CCCCC/C=C\C/C=C\CCCCCCCCCCCCCC(=O)OC(/C=C/CCCCCCCCCCCCC)C(COP(=O)(O)OCC[N+](C)(C)C)NC(=O)CCCCCCCCC/C=C/CCCCCCCC. The highest BCUT2D eigenvalue weighted by molar-refractivity contribution is 7.47. The summed E-state index contributed by atoms with van der Waals surface area (Å²) in [6, 6.07) is -0.850. The van der Waals surface area contributed by atoms with Gasteiger partial charge in [0, 0.05) is 12.8 Å². The van der Waals surface area contributed by atoms with Gasteiger partial charge in [-0.1, -0.05) is 262 Å². The van der Waals surface area contributed by atoms with Gasteiger partial charge < -0.3 is 19.4 Å². The Kier molecular flexibility index (Phi) is 55.7. The van der Waals surface area contributed by atoms with E-state index in [0.29, 0.717) is 17.4 Å². The molecule has 0 spiro atoms. The first-order valence-electron chi connectivity index (χ1n) is 33.0. The Balaban J connectivity index is 5.21. The fourth-order valence-electron chi connectivity index (χ4n) is 9.61. The molecule has 0 rings (SSSR count). The van der Waals surface area contributed by atoms with E-state index in [1.165, 1.54) is 205 Å². The number of unbranched alkanes of at least 4 members (excludes halogenated alkanes) is 38. The van der Waals surface area contributed by atoms with E-state index < -0.39 is 20.0 Å². The smallest absolute Gasteiger partial charge is 0.456 e.